The molecule has 2 unspecified atom stereocenters. The minimum absolute atomic E-state index is 0.439. The average molecular weight is 247 g/mol. The number of rotatable bonds is 4. The van der Waals surface area contributed by atoms with Gasteiger partial charge in [-0.1, -0.05) is 23.7 Å². The van der Waals surface area contributed by atoms with Gasteiger partial charge in [0.1, 0.15) is 6.10 Å². The summed E-state index contributed by atoms with van der Waals surface area (Å²) in [5.74, 6) is 0.529. The van der Waals surface area contributed by atoms with Crippen LogP contribution >= 0.6 is 24.2 Å². The normalized spacial score (nSPS) is 15.0. The molecule has 4 heteroatoms. The molecule has 0 saturated heterocycles. The van der Waals surface area contributed by atoms with Crippen LogP contribution in [0, 0.1) is 6.92 Å². The highest BCUT2D eigenvalue weighted by molar-refractivity contribution is 7.80. The van der Waals surface area contributed by atoms with Crippen molar-refractivity contribution in [3.8, 4) is 0 Å². The van der Waals surface area contributed by atoms with E-state index in [1.54, 1.807) is 12.1 Å². The molecule has 0 fully saturated rings. The van der Waals surface area contributed by atoms with Gasteiger partial charge in [-0.2, -0.15) is 12.6 Å². The molecule has 0 aliphatic heterocycles. The first-order valence-electron chi connectivity index (χ1n) is 4.79. The molecule has 1 aromatic carbocycles. The largest absolute Gasteiger partial charge is 0.390 e. The smallest absolute Gasteiger partial charge is 0.106 e. The number of aliphatic hydroxyl groups excluding tert-OH is 2. The third-order valence-corrected chi connectivity index (χ3v) is 2.85. The fourth-order valence-electron chi connectivity index (χ4n) is 1.37. The first-order valence-corrected chi connectivity index (χ1v) is 5.80. The first-order chi connectivity index (χ1) is 7.06. The van der Waals surface area contributed by atoms with Crippen LogP contribution in [-0.2, 0) is 0 Å². The van der Waals surface area contributed by atoms with E-state index in [0.29, 0.717) is 22.8 Å². The standard InChI is InChI=1S/C11H15ClO2S/c1-7-2-3-8(9(12)6-7)11(14)10(13)4-5-15/h2-3,6,10-11,13-15H,4-5H2,1H3. The summed E-state index contributed by atoms with van der Waals surface area (Å²) in [6.07, 6.45) is -1.32. The highest BCUT2D eigenvalue weighted by Gasteiger charge is 2.19. The summed E-state index contributed by atoms with van der Waals surface area (Å²) < 4.78 is 0. The van der Waals surface area contributed by atoms with E-state index in [1.165, 1.54) is 0 Å². The SMILES string of the molecule is Cc1ccc(C(O)C(O)CCS)c(Cl)c1. The second kappa shape index (κ2) is 5.75. The molecule has 84 valence electrons. The van der Waals surface area contributed by atoms with Gasteiger partial charge >= 0.3 is 0 Å². The number of aliphatic hydroxyl groups is 2. The number of halogens is 1. The molecule has 15 heavy (non-hydrogen) atoms. The second-order valence-electron chi connectivity index (χ2n) is 3.55. The first kappa shape index (κ1) is 12.8. The molecular weight excluding hydrogens is 232 g/mol. The predicted molar refractivity (Wildman–Crippen MR) is 65.6 cm³/mol. The lowest BCUT2D eigenvalue weighted by Gasteiger charge is -2.18. The van der Waals surface area contributed by atoms with Crippen LogP contribution in [0.15, 0.2) is 18.2 Å². The van der Waals surface area contributed by atoms with Gasteiger partial charge < -0.3 is 10.2 Å². The Morgan fingerprint density at radius 2 is 2.07 bits per heavy atom. The maximum Gasteiger partial charge on any atom is 0.106 e. The van der Waals surface area contributed by atoms with Crippen molar-refractivity contribution in [2.75, 3.05) is 5.75 Å². The Labute approximate surface area is 100 Å². The van der Waals surface area contributed by atoms with Gasteiger partial charge in [0.25, 0.3) is 0 Å². The maximum absolute atomic E-state index is 9.82. The Bertz CT molecular complexity index is 330. The van der Waals surface area contributed by atoms with Gasteiger partial charge in [0, 0.05) is 10.6 Å². The number of aryl methyl sites for hydroxylation is 1. The number of thiol groups is 1. The third-order valence-electron chi connectivity index (χ3n) is 2.26. The van der Waals surface area contributed by atoms with Crippen molar-refractivity contribution in [2.45, 2.75) is 25.6 Å². The average Bonchev–Trinajstić information content (AvgIpc) is 2.17. The molecule has 0 spiro atoms. The summed E-state index contributed by atoms with van der Waals surface area (Å²) in [5, 5.41) is 19.9. The minimum atomic E-state index is -0.940. The van der Waals surface area contributed by atoms with Gasteiger partial charge in [0.2, 0.25) is 0 Å². The van der Waals surface area contributed by atoms with Crippen LogP contribution in [0.3, 0.4) is 0 Å². The highest BCUT2D eigenvalue weighted by Crippen LogP contribution is 2.27. The summed E-state index contributed by atoms with van der Waals surface area (Å²) in [6, 6.07) is 5.37. The van der Waals surface area contributed by atoms with Crippen molar-refractivity contribution in [3.05, 3.63) is 34.3 Å². The summed E-state index contributed by atoms with van der Waals surface area (Å²) >= 11 is 9.98. The van der Waals surface area contributed by atoms with Gasteiger partial charge in [-0.05, 0) is 30.7 Å². The monoisotopic (exact) mass is 246 g/mol. The lowest BCUT2D eigenvalue weighted by molar-refractivity contribution is 0.0173. The summed E-state index contributed by atoms with van der Waals surface area (Å²) in [7, 11) is 0. The molecule has 0 aliphatic rings. The number of hydrogen-bond donors (Lipinski definition) is 3. The van der Waals surface area contributed by atoms with Crippen molar-refractivity contribution < 1.29 is 10.2 Å². The van der Waals surface area contributed by atoms with Crippen LogP contribution in [0.4, 0.5) is 0 Å². The van der Waals surface area contributed by atoms with E-state index in [4.69, 9.17) is 11.6 Å². The molecular formula is C11H15ClO2S. The van der Waals surface area contributed by atoms with Gasteiger partial charge in [0.05, 0.1) is 6.10 Å². The van der Waals surface area contributed by atoms with Crippen LogP contribution in [0.25, 0.3) is 0 Å². The molecule has 2 nitrogen and oxygen atoms in total. The van der Waals surface area contributed by atoms with Crippen LogP contribution < -0.4 is 0 Å². The molecule has 1 rings (SSSR count). The lowest BCUT2D eigenvalue weighted by Crippen LogP contribution is -2.19. The Morgan fingerprint density at radius 1 is 1.40 bits per heavy atom. The molecule has 0 heterocycles. The van der Waals surface area contributed by atoms with Gasteiger partial charge in [-0.3, -0.25) is 0 Å². The molecule has 2 N–H and O–H groups in total. The van der Waals surface area contributed by atoms with Gasteiger partial charge in [-0.25, -0.2) is 0 Å². The second-order valence-corrected chi connectivity index (χ2v) is 4.40. The maximum atomic E-state index is 9.82. The zero-order valence-corrected chi connectivity index (χ0v) is 10.2. The van der Waals surface area contributed by atoms with Gasteiger partial charge in [-0.15, -0.1) is 0 Å². The summed E-state index contributed by atoms with van der Waals surface area (Å²) in [4.78, 5) is 0. The molecule has 0 bridgehead atoms. The molecule has 1 aromatic rings. The van der Waals surface area contributed by atoms with Crippen molar-refractivity contribution in [1.82, 2.24) is 0 Å². The number of hydrogen-bond acceptors (Lipinski definition) is 3. The predicted octanol–water partition coefficient (Wildman–Crippen LogP) is 2.36. The van der Waals surface area contributed by atoms with E-state index >= 15 is 0 Å². The third kappa shape index (κ3) is 3.38. The Morgan fingerprint density at radius 3 is 2.60 bits per heavy atom. The van der Waals surface area contributed by atoms with Crippen molar-refractivity contribution in [3.63, 3.8) is 0 Å². The fraction of sp³-hybridized carbons (Fsp3) is 0.455. The summed E-state index contributed by atoms with van der Waals surface area (Å²) in [6.45, 7) is 1.92. The molecule has 0 aliphatic carbocycles. The molecule has 0 amide bonds. The summed E-state index contributed by atoms with van der Waals surface area (Å²) in [5.41, 5.74) is 1.59. The Hall–Kier alpha value is -0.220. The lowest BCUT2D eigenvalue weighted by atomic mass is 10.0. The fourth-order valence-corrected chi connectivity index (χ4v) is 1.98. The van der Waals surface area contributed by atoms with Crippen molar-refractivity contribution >= 4 is 24.2 Å². The van der Waals surface area contributed by atoms with Crippen LogP contribution in [0.1, 0.15) is 23.7 Å². The number of benzene rings is 1. The quantitative estimate of drug-likeness (QED) is 0.714. The van der Waals surface area contributed by atoms with Crippen LogP contribution in [0.5, 0.6) is 0 Å². The van der Waals surface area contributed by atoms with Crippen LogP contribution in [-0.4, -0.2) is 22.1 Å². The Kier molecular flexibility index (Phi) is 4.93. The topological polar surface area (TPSA) is 40.5 Å². The van der Waals surface area contributed by atoms with E-state index < -0.39 is 12.2 Å². The van der Waals surface area contributed by atoms with Crippen molar-refractivity contribution in [1.29, 1.82) is 0 Å². The Balaban J connectivity index is 2.86. The van der Waals surface area contributed by atoms with Gasteiger partial charge in [0.15, 0.2) is 0 Å². The molecule has 0 aromatic heterocycles. The van der Waals surface area contributed by atoms with E-state index in [0.717, 1.165) is 5.56 Å². The molecule has 0 radical (unpaired) electrons. The zero-order chi connectivity index (χ0) is 11.4. The van der Waals surface area contributed by atoms with Crippen molar-refractivity contribution in [2.24, 2.45) is 0 Å². The van der Waals surface area contributed by atoms with E-state index in [9.17, 15) is 10.2 Å². The van der Waals surface area contributed by atoms with E-state index in [-0.39, 0.29) is 0 Å². The molecule has 2 atom stereocenters. The minimum Gasteiger partial charge on any atom is -0.390 e. The van der Waals surface area contributed by atoms with Crippen LogP contribution in [0.2, 0.25) is 5.02 Å². The highest BCUT2D eigenvalue weighted by atomic mass is 35.5. The molecule has 0 saturated carbocycles. The zero-order valence-electron chi connectivity index (χ0n) is 8.52. The van der Waals surface area contributed by atoms with E-state index in [2.05, 4.69) is 12.6 Å². The van der Waals surface area contributed by atoms with E-state index in [1.807, 2.05) is 13.0 Å².